The molecule has 2 unspecified atom stereocenters. The van der Waals surface area contributed by atoms with Gasteiger partial charge in [-0.05, 0) is 54.8 Å². The van der Waals surface area contributed by atoms with E-state index in [1.807, 2.05) is 6.07 Å². The van der Waals surface area contributed by atoms with Crippen LogP contribution in [0.4, 0.5) is 14.5 Å². The van der Waals surface area contributed by atoms with Crippen LogP contribution in [0.25, 0.3) is 28.2 Å². The van der Waals surface area contributed by atoms with Crippen molar-refractivity contribution in [2.24, 2.45) is 5.73 Å². The van der Waals surface area contributed by atoms with E-state index in [4.69, 9.17) is 15.5 Å². The molecule has 0 saturated carbocycles. The number of fused-ring (bicyclic) bond motifs is 1. The van der Waals surface area contributed by atoms with Crippen LogP contribution < -0.4 is 16.0 Å². The molecule has 2 fully saturated rings. The van der Waals surface area contributed by atoms with Gasteiger partial charge in [0.15, 0.2) is 11.8 Å². The molecule has 2 aromatic carbocycles. The molecule has 2 aromatic heterocycles. The van der Waals surface area contributed by atoms with Crippen LogP contribution in [0.2, 0.25) is 0 Å². The maximum absolute atomic E-state index is 15.8. The van der Waals surface area contributed by atoms with Crippen LogP contribution in [0.5, 0.6) is 0 Å². The van der Waals surface area contributed by atoms with E-state index < -0.39 is 23.7 Å². The Labute approximate surface area is 239 Å². The zero-order valence-corrected chi connectivity index (χ0v) is 22.5. The lowest BCUT2D eigenvalue weighted by Gasteiger charge is -2.32. The molecule has 42 heavy (non-hydrogen) atoms. The molecule has 2 aliphatic rings. The number of imidazole rings is 1. The van der Waals surface area contributed by atoms with Crippen molar-refractivity contribution in [1.29, 1.82) is 5.26 Å². The Balaban J connectivity index is 1.42. The zero-order valence-electron chi connectivity index (χ0n) is 22.5. The zero-order chi connectivity index (χ0) is 29.4. The number of carbonyl (C=O) groups excluding carboxylic acids is 2. The van der Waals surface area contributed by atoms with Crippen LogP contribution in [0.3, 0.4) is 0 Å². The predicted octanol–water partition coefficient (Wildman–Crippen LogP) is 3.14. The number of hydrogen-bond donors (Lipinski definition) is 2. The Hall–Kier alpha value is -4.89. The summed E-state index contributed by atoms with van der Waals surface area (Å²) in [6.45, 7) is 1.82. The number of hydrogen-bond acceptors (Lipinski definition) is 8. The van der Waals surface area contributed by atoms with Crippen molar-refractivity contribution < 1.29 is 23.1 Å². The highest BCUT2D eigenvalue weighted by Gasteiger charge is 2.28. The number of ether oxygens (including phenoxy) is 1. The molecular formula is C30H27F2N7O3. The molecule has 4 heterocycles. The van der Waals surface area contributed by atoms with Gasteiger partial charge in [0.05, 0.1) is 23.4 Å². The lowest BCUT2D eigenvalue weighted by Crippen LogP contribution is -2.42. The number of amides is 1. The summed E-state index contributed by atoms with van der Waals surface area (Å²) in [6.07, 6.45) is 2.75. The Morgan fingerprint density at radius 3 is 2.71 bits per heavy atom. The summed E-state index contributed by atoms with van der Waals surface area (Å²) in [5, 5.41) is 11.8. The van der Waals surface area contributed by atoms with Gasteiger partial charge in [0.2, 0.25) is 0 Å². The fourth-order valence-electron chi connectivity index (χ4n) is 5.50. The van der Waals surface area contributed by atoms with Crippen molar-refractivity contribution in [1.82, 2.24) is 19.9 Å². The molecule has 214 valence electrons. The van der Waals surface area contributed by atoms with Crippen molar-refractivity contribution in [3.05, 3.63) is 71.4 Å². The number of pyridine rings is 1. The van der Waals surface area contributed by atoms with Gasteiger partial charge < -0.3 is 20.7 Å². The van der Waals surface area contributed by atoms with E-state index >= 15 is 4.39 Å². The van der Waals surface area contributed by atoms with Gasteiger partial charge in [-0.1, -0.05) is 6.07 Å². The molecule has 4 aromatic rings. The normalized spacial score (nSPS) is 18.6. The molecule has 3 N–H and O–H groups in total. The molecule has 2 aliphatic heterocycles. The van der Waals surface area contributed by atoms with E-state index in [1.54, 1.807) is 24.4 Å². The molecule has 2 saturated heterocycles. The number of nitriles is 1. The van der Waals surface area contributed by atoms with E-state index in [-0.39, 0.29) is 35.4 Å². The van der Waals surface area contributed by atoms with Gasteiger partial charge in [0.25, 0.3) is 5.91 Å². The van der Waals surface area contributed by atoms with E-state index in [1.165, 1.54) is 28.8 Å². The minimum atomic E-state index is -0.843. The third-order valence-corrected chi connectivity index (χ3v) is 7.54. The Morgan fingerprint density at radius 2 is 2.00 bits per heavy atom. The largest absolute Gasteiger partial charge is 0.452 e. The summed E-state index contributed by atoms with van der Waals surface area (Å²) in [7, 11) is 0. The molecule has 0 bridgehead atoms. The number of carbonyl (C=O) groups is 2. The Bertz CT molecular complexity index is 1750. The summed E-state index contributed by atoms with van der Waals surface area (Å²) in [5.41, 5.74) is 8.50. The summed E-state index contributed by atoms with van der Waals surface area (Å²) in [4.78, 5) is 35.6. The highest BCUT2D eigenvalue weighted by atomic mass is 19.1. The van der Waals surface area contributed by atoms with Crippen molar-refractivity contribution in [3.8, 4) is 23.1 Å². The van der Waals surface area contributed by atoms with Crippen LogP contribution in [0.15, 0.2) is 48.7 Å². The number of esters is 1. The average molecular weight is 572 g/mol. The molecule has 2 atom stereocenters. The molecular weight excluding hydrogens is 544 g/mol. The highest BCUT2D eigenvalue weighted by molar-refractivity contribution is 5.91. The minimum Gasteiger partial charge on any atom is -0.452 e. The molecule has 10 nitrogen and oxygen atoms in total. The number of halogens is 2. The highest BCUT2D eigenvalue weighted by Crippen LogP contribution is 2.35. The third kappa shape index (κ3) is 5.14. The maximum Gasteiger partial charge on any atom is 0.311 e. The van der Waals surface area contributed by atoms with Gasteiger partial charge in [0, 0.05) is 43.9 Å². The summed E-state index contributed by atoms with van der Waals surface area (Å²) in [6, 6.07) is 12.0. The molecule has 6 rings (SSSR count). The molecule has 12 heteroatoms. The molecule has 0 spiro atoms. The second-order valence-corrected chi connectivity index (χ2v) is 10.4. The van der Waals surface area contributed by atoms with Crippen LogP contribution in [-0.4, -0.2) is 58.2 Å². The van der Waals surface area contributed by atoms with Crippen molar-refractivity contribution in [2.45, 2.75) is 37.8 Å². The van der Waals surface area contributed by atoms with Gasteiger partial charge in [-0.2, -0.15) is 5.26 Å². The summed E-state index contributed by atoms with van der Waals surface area (Å²) in [5.74, 6) is -2.15. The second-order valence-electron chi connectivity index (χ2n) is 10.4. The van der Waals surface area contributed by atoms with Gasteiger partial charge in [-0.25, -0.2) is 18.7 Å². The lowest BCUT2D eigenvalue weighted by molar-refractivity contribution is -0.153. The van der Waals surface area contributed by atoms with E-state index in [2.05, 4.69) is 15.2 Å². The van der Waals surface area contributed by atoms with E-state index in [0.717, 1.165) is 25.1 Å². The van der Waals surface area contributed by atoms with Crippen molar-refractivity contribution >= 4 is 28.7 Å². The number of nitrogens with one attached hydrogen (secondary N) is 1. The fourth-order valence-corrected chi connectivity index (χ4v) is 5.50. The molecule has 0 radical (unpaired) electrons. The van der Waals surface area contributed by atoms with Gasteiger partial charge in [-0.3, -0.25) is 14.2 Å². The fraction of sp³-hybridized carbons (Fsp3) is 0.300. The maximum atomic E-state index is 15.8. The lowest BCUT2D eigenvalue weighted by atomic mass is 10.1. The topological polar surface area (TPSA) is 139 Å². The number of nitrogens with two attached hydrogens (primary N) is 1. The molecule has 1 amide bonds. The summed E-state index contributed by atoms with van der Waals surface area (Å²) < 4.78 is 37.3. The van der Waals surface area contributed by atoms with Gasteiger partial charge in [-0.15, -0.1) is 0 Å². The average Bonchev–Trinajstić information content (AvgIpc) is 3.56. The first-order chi connectivity index (χ1) is 20.3. The van der Waals surface area contributed by atoms with Crippen molar-refractivity contribution in [3.63, 3.8) is 0 Å². The van der Waals surface area contributed by atoms with Crippen molar-refractivity contribution in [2.75, 3.05) is 24.5 Å². The summed E-state index contributed by atoms with van der Waals surface area (Å²) >= 11 is 0. The van der Waals surface area contributed by atoms with E-state index in [9.17, 15) is 19.2 Å². The predicted molar refractivity (Wildman–Crippen MR) is 150 cm³/mol. The standard InChI is InChI=1S/C30H27F2N7O3/c31-21-14-18(4-5-19(21)15-33)28-37-27-24(38-11-1-2-20(34)16-38)7-9-35-29(27)39(28)23-6-3-17(12-22(23)32)13-26(40)42-25-8-10-36-30(25)41/h3-7,9,12,14,20,25H,1-2,8,10-11,13,16,34H2,(H,36,41). The van der Waals surface area contributed by atoms with Crippen LogP contribution in [-0.2, 0) is 20.7 Å². The first kappa shape index (κ1) is 27.3. The monoisotopic (exact) mass is 571 g/mol. The first-order valence-corrected chi connectivity index (χ1v) is 13.7. The quantitative estimate of drug-likeness (QED) is 0.337. The van der Waals surface area contributed by atoms with Gasteiger partial charge in [0.1, 0.15) is 29.0 Å². The van der Waals surface area contributed by atoms with Crippen LogP contribution in [0, 0.1) is 23.0 Å². The Morgan fingerprint density at radius 1 is 1.14 bits per heavy atom. The smallest absolute Gasteiger partial charge is 0.311 e. The number of anilines is 1. The number of benzene rings is 2. The molecule has 0 aliphatic carbocycles. The van der Waals surface area contributed by atoms with Crippen LogP contribution >= 0.6 is 0 Å². The minimum absolute atomic E-state index is 0.00382. The number of rotatable bonds is 6. The Kier molecular flexibility index (Phi) is 7.26. The number of aromatic nitrogens is 3. The number of nitrogens with zero attached hydrogens (tertiary/aromatic N) is 5. The van der Waals surface area contributed by atoms with E-state index in [0.29, 0.717) is 41.8 Å². The van der Waals surface area contributed by atoms with Gasteiger partial charge >= 0.3 is 5.97 Å². The third-order valence-electron chi connectivity index (χ3n) is 7.54. The number of piperidine rings is 1. The van der Waals surface area contributed by atoms with Crippen LogP contribution in [0.1, 0.15) is 30.4 Å². The second kappa shape index (κ2) is 11.2. The SMILES string of the molecule is N#Cc1ccc(-c2nc3c(N4CCCC(N)C4)ccnc3n2-c2ccc(CC(=O)OC3CCNC3=O)cc2F)cc1F. The first-order valence-electron chi connectivity index (χ1n) is 13.7.